The first-order valence-corrected chi connectivity index (χ1v) is 15.1. The van der Waals surface area contributed by atoms with Gasteiger partial charge in [0.2, 0.25) is 0 Å². The Labute approximate surface area is 243 Å². The number of hydrogen-bond donors (Lipinski definition) is 1. The quantitative estimate of drug-likeness (QED) is 0.484. The largest absolute Gasteiger partial charge is 0.494 e. The van der Waals surface area contributed by atoms with Crippen molar-refractivity contribution in [3.8, 4) is 5.75 Å². The molecule has 2 fully saturated rings. The van der Waals surface area contributed by atoms with Crippen LogP contribution in [0.15, 0.2) is 47.4 Å². The van der Waals surface area contributed by atoms with Gasteiger partial charge in [0.25, 0.3) is 10.0 Å². The van der Waals surface area contributed by atoms with E-state index in [2.05, 4.69) is 0 Å². The van der Waals surface area contributed by atoms with Crippen LogP contribution in [0.5, 0.6) is 5.75 Å². The number of alkyl halides is 3. The fourth-order valence-corrected chi connectivity index (χ4v) is 7.00. The maximum Gasteiger partial charge on any atom is 0.494 e. The van der Waals surface area contributed by atoms with Crippen molar-refractivity contribution in [1.29, 1.82) is 0 Å². The molecule has 9 nitrogen and oxygen atoms in total. The summed E-state index contributed by atoms with van der Waals surface area (Å²) in [5.74, 6) is -0.891. The number of carbonyl (C=O) groups is 1. The lowest BCUT2D eigenvalue weighted by atomic mass is 9.75. The van der Waals surface area contributed by atoms with Crippen LogP contribution < -0.4 is 14.5 Å². The monoisotopic (exact) mass is 611 g/mol. The van der Waals surface area contributed by atoms with E-state index in [1.807, 2.05) is 27.7 Å². The van der Waals surface area contributed by atoms with E-state index in [1.165, 1.54) is 6.07 Å². The second kappa shape index (κ2) is 10.4. The number of carboxylic acids is 1. The number of fused-ring (bicyclic) bond motifs is 1. The Kier molecular flexibility index (Phi) is 7.61. The number of rotatable bonds is 6. The van der Waals surface area contributed by atoms with Crippen LogP contribution in [0.25, 0.3) is 0 Å². The summed E-state index contributed by atoms with van der Waals surface area (Å²) >= 11 is 0. The van der Waals surface area contributed by atoms with Gasteiger partial charge in [-0.15, -0.1) is 0 Å². The predicted octanol–water partition coefficient (Wildman–Crippen LogP) is 4.23. The molecular weight excluding hydrogens is 578 g/mol. The number of sulfonamides is 1. The van der Waals surface area contributed by atoms with Crippen LogP contribution in [0.4, 0.5) is 18.9 Å². The minimum absolute atomic E-state index is 0.0152. The highest BCUT2D eigenvalue weighted by molar-refractivity contribution is 7.92. The molecule has 3 aliphatic rings. The minimum atomic E-state index is -4.75. The van der Waals surface area contributed by atoms with E-state index in [0.29, 0.717) is 11.5 Å². The molecule has 1 N–H and O–H groups in total. The van der Waals surface area contributed by atoms with Gasteiger partial charge in [-0.3, -0.25) is 9.10 Å². The summed E-state index contributed by atoms with van der Waals surface area (Å²) in [5, 5.41) is 10.1. The third-order valence-electron chi connectivity index (χ3n) is 8.71. The average Bonchev–Trinajstić information content (AvgIpc) is 3.14. The molecule has 14 heteroatoms. The number of hydrogen-bond acceptors (Lipinski definition) is 7. The van der Waals surface area contributed by atoms with Crippen LogP contribution in [-0.4, -0.2) is 63.7 Å². The molecule has 0 aliphatic carbocycles. The van der Waals surface area contributed by atoms with Crippen LogP contribution in [-0.2, 0) is 35.0 Å². The average molecular weight is 611 g/mol. The number of halogens is 3. The Balaban J connectivity index is 1.57. The van der Waals surface area contributed by atoms with Crippen molar-refractivity contribution in [2.45, 2.75) is 75.3 Å². The normalized spacial score (nSPS) is 23.3. The molecule has 5 rings (SSSR count). The Morgan fingerprint density at radius 1 is 1.05 bits per heavy atom. The molecule has 1 atom stereocenters. The summed E-state index contributed by atoms with van der Waals surface area (Å²) in [6.45, 7) is 7.65. The Bertz CT molecular complexity index is 1460. The summed E-state index contributed by atoms with van der Waals surface area (Å²) < 4.78 is 93.4. The molecule has 2 saturated heterocycles. The number of benzene rings is 2. The van der Waals surface area contributed by atoms with Crippen molar-refractivity contribution in [2.75, 3.05) is 24.1 Å². The smallest absolute Gasteiger partial charge is 0.486 e. The second-order valence-corrected chi connectivity index (χ2v) is 13.9. The first-order chi connectivity index (χ1) is 19.5. The minimum Gasteiger partial charge on any atom is -0.486 e. The van der Waals surface area contributed by atoms with Crippen molar-refractivity contribution < 1.29 is 50.3 Å². The number of nitrogens with zero attached hydrogens (tertiary/aromatic N) is 1. The third-order valence-corrected chi connectivity index (χ3v) is 10.5. The van der Waals surface area contributed by atoms with E-state index in [-0.39, 0.29) is 50.5 Å². The van der Waals surface area contributed by atoms with Crippen LogP contribution in [0.2, 0.25) is 0 Å². The molecule has 3 aliphatic heterocycles. The van der Waals surface area contributed by atoms with Gasteiger partial charge in [-0.2, -0.15) is 13.2 Å². The van der Waals surface area contributed by atoms with Gasteiger partial charge in [-0.25, -0.2) is 8.42 Å². The van der Waals surface area contributed by atoms with Crippen molar-refractivity contribution in [1.82, 2.24) is 0 Å². The van der Waals surface area contributed by atoms with Crippen LogP contribution >= 0.6 is 0 Å². The molecule has 2 aromatic rings. The zero-order chi connectivity index (χ0) is 30.7. The van der Waals surface area contributed by atoms with Gasteiger partial charge in [0, 0.05) is 19.6 Å². The van der Waals surface area contributed by atoms with Gasteiger partial charge in [0.05, 0.1) is 39.3 Å². The molecule has 2 aromatic carbocycles. The zero-order valence-electron chi connectivity index (χ0n) is 23.7. The Morgan fingerprint density at radius 3 is 2.29 bits per heavy atom. The summed E-state index contributed by atoms with van der Waals surface area (Å²) in [6, 6.07) is 8.27. The van der Waals surface area contributed by atoms with Gasteiger partial charge in [0.1, 0.15) is 11.9 Å². The molecule has 0 saturated carbocycles. The van der Waals surface area contributed by atoms with Gasteiger partial charge >= 0.3 is 19.3 Å². The molecule has 42 heavy (non-hydrogen) atoms. The number of aliphatic carboxylic acids is 1. The standard InChI is InChI=1S/C28H33BF3NO8S/c1-25(2)26(3,4)41-29(40-25)19-8-9-23-22(15-19)33(42(36,37)21-7-5-6-18(14-21)28(30,31)32)17-20(39-23)16-27(24(34)35)10-12-38-13-11-27/h5-9,14-15,20H,10-13,16-17H2,1-4H3,(H,34,35)/t20-/m0/s1. The Morgan fingerprint density at radius 2 is 1.69 bits per heavy atom. The van der Waals surface area contributed by atoms with Crippen molar-refractivity contribution in [3.63, 3.8) is 0 Å². The number of ether oxygens (including phenoxy) is 2. The fraction of sp³-hybridized carbons (Fsp3) is 0.536. The van der Waals surface area contributed by atoms with Crippen LogP contribution in [0.1, 0.15) is 52.5 Å². The van der Waals surface area contributed by atoms with E-state index in [0.717, 1.165) is 22.5 Å². The van der Waals surface area contributed by atoms with Gasteiger partial charge in [0.15, 0.2) is 0 Å². The van der Waals surface area contributed by atoms with E-state index >= 15 is 0 Å². The van der Waals surface area contributed by atoms with Crippen molar-refractivity contribution in [3.05, 3.63) is 48.0 Å². The molecular formula is C28H33BF3NO8S. The van der Waals surface area contributed by atoms with Crippen molar-refractivity contribution >= 4 is 34.3 Å². The highest BCUT2D eigenvalue weighted by atomic mass is 32.2. The topological polar surface area (TPSA) is 112 Å². The highest BCUT2D eigenvalue weighted by Crippen LogP contribution is 2.43. The molecule has 0 bridgehead atoms. The molecule has 0 radical (unpaired) electrons. The fourth-order valence-electron chi connectivity index (χ4n) is 5.45. The highest BCUT2D eigenvalue weighted by Gasteiger charge is 2.52. The van der Waals surface area contributed by atoms with Crippen LogP contribution in [0, 0.1) is 5.41 Å². The van der Waals surface area contributed by atoms with E-state index in [1.54, 1.807) is 12.1 Å². The molecule has 228 valence electrons. The number of anilines is 1. The summed E-state index contributed by atoms with van der Waals surface area (Å²) in [6.07, 6.45) is -5.22. The summed E-state index contributed by atoms with van der Waals surface area (Å²) in [7, 11) is -5.40. The maximum atomic E-state index is 14.0. The van der Waals surface area contributed by atoms with Crippen LogP contribution in [0.3, 0.4) is 0 Å². The lowest BCUT2D eigenvalue weighted by Gasteiger charge is -2.40. The van der Waals surface area contributed by atoms with Gasteiger partial charge in [-0.05, 0) is 76.3 Å². The maximum absolute atomic E-state index is 14.0. The van der Waals surface area contributed by atoms with Crippen molar-refractivity contribution in [2.24, 2.45) is 5.41 Å². The molecule has 0 spiro atoms. The second-order valence-electron chi connectivity index (χ2n) is 12.0. The first-order valence-electron chi connectivity index (χ1n) is 13.6. The zero-order valence-corrected chi connectivity index (χ0v) is 24.5. The number of carboxylic acid groups (broad SMARTS) is 1. The lowest BCUT2D eigenvalue weighted by Crippen LogP contribution is -2.49. The van der Waals surface area contributed by atoms with E-state index in [9.17, 15) is 31.5 Å². The van der Waals surface area contributed by atoms with Gasteiger partial charge < -0.3 is 23.9 Å². The van der Waals surface area contributed by atoms with E-state index < -0.39 is 62.5 Å². The predicted molar refractivity (Wildman–Crippen MR) is 147 cm³/mol. The molecule has 0 aromatic heterocycles. The third kappa shape index (κ3) is 5.49. The summed E-state index contributed by atoms with van der Waals surface area (Å²) in [4.78, 5) is 11.8. The molecule has 3 heterocycles. The van der Waals surface area contributed by atoms with E-state index in [4.69, 9.17) is 18.8 Å². The molecule has 0 unspecified atom stereocenters. The SMILES string of the molecule is CC1(C)OB(c2ccc3c(c2)N(S(=O)(=O)c2cccc(C(F)(F)F)c2)C[C@H](CC2(C(=O)O)CCOCC2)O3)OC1(C)C. The summed E-state index contributed by atoms with van der Waals surface area (Å²) in [5.41, 5.74) is -3.07. The Hall–Kier alpha value is -2.81. The lowest BCUT2D eigenvalue weighted by molar-refractivity contribution is -0.157. The first kappa shape index (κ1) is 30.6. The van der Waals surface area contributed by atoms with Gasteiger partial charge in [-0.1, -0.05) is 12.1 Å². The molecule has 0 amide bonds.